The van der Waals surface area contributed by atoms with Gasteiger partial charge in [-0.15, -0.1) is 0 Å². The summed E-state index contributed by atoms with van der Waals surface area (Å²) in [6.07, 6.45) is 0. The number of benzene rings is 2. The van der Waals surface area contributed by atoms with Crippen molar-refractivity contribution in [1.29, 1.82) is 0 Å². The highest BCUT2D eigenvalue weighted by Gasteiger charge is 2.09. The Hall–Kier alpha value is -3.02. The molecule has 0 atom stereocenters. The van der Waals surface area contributed by atoms with E-state index >= 15 is 0 Å². The quantitative estimate of drug-likeness (QED) is 0.768. The predicted molar refractivity (Wildman–Crippen MR) is 77.4 cm³/mol. The topological polar surface area (TPSA) is 84.3 Å². The Kier molecular flexibility index (Phi) is 3.42. The number of aromatic amines is 1. The molecule has 0 aliphatic rings. The number of ether oxygens (including phenoxy) is 1. The smallest absolute Gasteiger partial charge is 0.417 e. The molecular weight excluding hydrogens is 272 g/mol. The number of para-hydroxylation sites is 2. The highest BCUT2D eigenvalue weighted by atomic mass is 16.5. The van der Waals surface area contributed by atoms with E-state index in [0.717, 1.165) is 0 Å². The summed E-state index contributed by atoms with van der Waals surface area (Å²) in [5.41, 5.74) is 1.32. The maximum absolute atomic E-state index is 11.9. The molecule has 0 spiro atoms. The van der Waals surface area contributed by atoms with E-state index in [2.05, 4.69) is 10.3 Å². The zero-order chi connectivity index (χ0) is 14.7. The molecule has 0 saturated carbocycles. The van der Waals surface area contributed by atoms with Crippen molar-refractivity contribution in [2.75, 3.05) is 11.9 Å². The molecule has 0 radical (unpaired) electrons. The molecule has 21 heavy (non-hydrogen) atoms. The van der Waals surface area contributed by atoms with Crippen LogP contribution in [0.4, 0.5) is 5.69 Å². The van der Waals surface area contributed by atoms with Gasteiger partial charge in [-0.3, -0.25) is 9.78 Å². The van der Waals surface area contributed by atoms with Gasteiger partial charge >= 0.3 is 5.76 Å². The Bertz CT molecular complexity index is 820. The van der Waals surface area contributed by atoms with Gasteiger partial charge in [0.05, 0.1) is 5.69 Å². The van der Waals surface area contributed by atoms with Gasteiger partial charge in [-0.1, -0.05) is 24.3 Å². The molecule has 0 saturated heterocycles. The van der Waals surface area contributed by atoms with Gasteiger partial charge in [-0.2, -0.15) is 0 Å². The van der Waals surface area contributed by atoms with E-state index < -0.39 is 5.76 Å². The normalized spacial score (nSPS) is 10.5. The molecule has 1 aromatic heterocycles. The molecule has 3 rings (SSSR count). The average Bonchev–Trinajstić information content (AvgIpc) is 2.88. The Morgan fingerprint density at radius 2 is 1.95 bits per heavy atom. The Balaban J connectivity index is 1.70. The standard InChI is InChI=1S/C15H12N2O4/c18-13(9-20-10-5-2-1-3-6-10)16-11-7-4-8-12-14(11)17-15(19)21-12/h1-8H,9H2,(H,16,18)(H,17,19). The maximum Gasteiger partial charge on any atom is 0.417 e. The third-order valence-electron chi connectivity index (χ3n) is 2.84. The van der Waals surface area contributed by atoms with Crippen LogP contribution in [0, 0.1) is 0 Å². The van der Waals surface area contributed by atoms with Gasteiger partial charge in [0.25, 0.3) is 5.91 Å². The fourth-order valence-corrected chi connectivity index (χ4v) is 1.93. The van der Waals surface area contributed by atoms with E-state index in [4.69, 9.17) is 9.15 Å². The number of anilines is 1. The maximum atomic E-state index is 11.9. The van der Waals surface area contributed by atoms with Crippen molar-refractivity contribution in [3.8, 4) is 5.75 Å². The van der Waals surface area contributed by atoms with Gasteiger partial charge < -0.3 is 14.5 Å². The molecule has 0 fully saturated rings. The van der Waals surface area contributed by atoms with Gasteiger partial charge in [-0.25, -0.2) is 4.79 Å². The third-order valence-corrected chi connectivity index (χ3v) is 2.84. The summed E-state index contributed by atoms with van der Waals surface area (Å²) in [7, 11) is 0. The molecule has 2 N–H and O–H groups in total. The van der Waals surface area contributed by atoms with Crippen LogP contribution >= 0.6 is 0 Å². The number of H-pyrrole nitrogens is 1. The lowest BCUT2D eigenvalue weighted by Gasteiger charge is -2.07. The summed E-state index contributed by atoms with van der Waals surface area (Å²) in [5.74, 6) is -0.275. The second-order valence-corrected chi connectivity index (χ2v) is 4.34. The van der Waals surface area contributed by atoms with E-state index in [0.29, 0.717) is 22.5 Å². The van der Waals surface area contributed by atoms with Gasteiger partial charge in [-0.05, 0) is 24.3 Å². The fourth-order valence-electron chi connectivity index (χ4n) is 1.93. The van der Waals surface area contributed by atoms with E-state index in [1.54, 1.807) is 30.3 Å². The van der Waals surface area contributed by atoms with E-state index in [1.165, 1.54) is 0 Å². The summed E-state index contributed by atoms with van der Waals surface area (Å²) in [6.45, 7) is -0.123. The van der Waals surface area contributed by atoms with Crippen LogP contribution in [0.25, 0.3) is 11.1 Å². The molecule has 1 heterocycles. The predicted octanol–water partition coefficient (Wildman–Crippen LogP) is 2.14. The molecular formula is C15H12N2O4. The summed E-state index contributed by atoms with van der Waals surface area (Å²) >= 11 is 0. The molecule has 6 nitrogen and oxygen atoms in total. The largest absolute Gasteiger partial charge is 0.484 e. The summed E-state index contributed by atoms with van der Waals surface area (Å²) in [4.78, 5) is 25.6. The van der Waals surface area contributed by atoms with E-state index in [-0.39, 0.29) is 12.5 Å². The molecule has 2 aromatic carbocycles. The van der Waals surface area contributed by atoms with Crippen molar-refractivity contribution in [2.45, 2.75) is 0 Å². The van der Waals surface area contributed by atoms with Crippen molar-refractivity contribution >= 4 is 22.7 Å². The zero-order valence-corrected chi connectivity index (χ0v) is 11.0. The minimum absolute atomic E-state index is 0.123. The van der Waals surface area contributed by atoms with Crippen LogP contribution in [0.2, 0.25) is 0 Å². The first-order chi connectivity index (χ1) is 10.2. The van der Waals surface area contributed by atoms with Crippen LogP contribution in [-0.2, 0) is 4.79 Å². The molecule has 0 bridgehead atoms. The number of carbonyl (C=O) groups is 1. The third kappa shape index (κ3) is 2.94. The Labute approximate surface area is 119 Å². The van der Waals surface area contributed by atoms with E-state index in [1.807, 2.05) is 18.2 Å². The van der Waals surface area contributed by atoms with E-state index in [9.17, 15) is 9.59 Å². The van der Waals surface area contributed by atoms with Crippen LogP contribution in [0.1, 0.15) is 0 Å². The van der Waals surface area contributed by atoms with Crippen LogP contribution in [-0.4, -0.2) is 17.5 Å². The number of fused-ring (bicyclic) bond motifs is 1. The van der Waals surface area contributed by atoms with Crippen molar-refractivity contribution in [1.82, 2.24) is 4.98 Å². The summed E-state index contributed by atoms with van der Waals surface area (Å²) in [5, 5.41) is 2.67. The van der Waals surface area contributed by atoms with Crippen LogP contribution in [0.3, 0.4) is 0 Å². The summed E-state index contributed by atoms with van der Waals surface area (Å²) < 4.78 is 10.3. The lowest BCUT2D eigenvalue weighted by molar-refractivity contribution is -0.118. The fraction of sp³-hybridized carbons (Fsp3) is 0.0667. The SMILES string of the molecule is O=C(COc1ccccc1)Nc1cccc2oc(=O)[nH]c12. The molecule has 0 aliphatic carbocycles. The minimum atomic E-state index is -0.563. The molecule has 6 heteroatoms. The van der Waals surface area contributed by atoms with Gasteiger partial charge in [0.15, 0.2) is 12.2 Å². The number of hydrogen-bond donors (Lipinski definition) is 2. The second-order valence-electron chi connectivity index (χ2n) is 4.34. The highest BCUT2D eigenvalue weighted by molar-refractivity contribution is 5.99. The molecule has 3 aromatic rings. The first-order valence-corrected chi connectivity index (χ1v) is 6.32. The number of rotatable bonds is 4. The number of aromatic nitrogens is 1. The van der Waals surface area contributed by atoms with Crippen molar-refractivity contribution in [3.63, 3.8) is 0 Å². The molecule has 106 valence electrons. The lowest BCUT2D eigenvalue weighted by atomic mass is 10.3. The number of oxazole rings is 1. The Morgan fingerprint density at radius 1 is 1.14 bits per heavy atom. The van der Waals surface area contributed by atoms with Crippen molar-refractivity contribution in [2.24, 2.45) is 0 Å². The summed E-state index contributed by atoms with van der Waals surface area (Å²) in [6, 6.07) is 14.0. The first-order valence-electron chi connectivity index (χ1n) is 6.32. The van der Waals surface area contributed by atoms with Gasteiger partial charge in [0.1, 0.15) is 11.3 Å². The van der Waals surface area contributed by atoms with Crippen LogP contribution < -0.4 is 15.8 Å². The molecule has 0 unspecified atom stereocenters. The molecule has 0 aliphatic heterocycles. The molecule has 1 amide bonds. The number of hydrogen-bond acceptors (Lipinski definition) is 4. The van der Waals surface area contributed by atoms with Crippen LogP contribution in [0.15, 0.2) is 57.7 Å². The zero-order valence-electron chi connectivity index (χ0n) is 11.0. The van der Waals surface area contributed by atoms with Crippen LogP contribution in [0.5, 0.6) is 5.75 Å². The minimum Gasteiger partial charge on any atom is -0.484 e. The second kappa shape index (κ2) is 5.54. The van der Waals surface area contributed by atoms with Crippen molar-refractivity contribution < 1.29 is 13.9 Å². The monoisotopic (exact) mass is 284 g/mol. The number of carbonyl (C=O) groups excluding carboxylic acids is 1. The van der Waals surface area contributed by atoms with Gasteiger partial charge in [0, 0.05) is 0 Å². The highest BCUT2D eigenvalue weighted by Crippen LogP contribution is 2.19. The lowest BCUT2D eigenvalue weighted by Crippen LogP contribution is -2.20. The average molecular weight is 284 g/mol. The first kappa shape index (κ1) is 13.0. The van der Waals surface area contributed by atoms with Crippen molar-refractivity contribution in [3.05, 3.63) is 59.1 Å². The number of nitrogens with one attached hydrogen (secondary N) is 2. The number of amides is 1. The van der Waals surface area contributed by atoms with Gasteiger partial charge in [0.2, 0.25) is 0 Å². The Morgan fingerprint density at radius 3 is 2.76 bits per heavy atom.